The molecule has 5 heteroatoms. The number of nitrogens with zero attached hydrogens (tertiary/aromatic N) is 1. The molecule has 0 fully saturated rings. The van der Waals surface area contributed by atoms with E-state index in [9.17, 15) is 4.79 Å². The highest BCUT2D eigenvalue weighted by molar-refractivity contribution is 9.11. The predicted molar refractivity (Wildman–Crippen MR) is 43.7 cm³/mol. The molecule has 0 saturated carbocycles. The third kappa shape index (κ3) is 1.59. The van der Waals surface area contributed by atoms with Crippen LogP contribution in [0.25, 0.3) is 0 Å². The van der Waals surface area contributed by atoms with Crippen LogP contribution in [0.3, 0.4) is 0 Å². The van der Waals surface area contributed by atoms with Crippen molar-refractivity contribution in [1.82, 2.24) is 0 Å². The summed E-state index contributed by atoms with van der Waals surface area (Å²) in [4.78, 5) is 10.7. The minimum atomic E-state index is -1.07. The van der Waals surface area contributed by atoms with Crippen molar-refractivity contribution in [2.24, 2.45) is 0 Å². The number of halogens is 1. The lowest BCUT2D eigenvalue weighted by atomic mass is 10.3. The van der Waals surface area contributed by atoms with Gasteiger partial charge in [0.15, 0.2) is 0 Å². The van der Waals surface area contributed by atoms with E-state index in [0.29, 0.717) is 3.79 Å². The topological polar surface area (TPSA) is 61.1 Å². The first-order valence-corrected chi connectivity index (χ1v) is 4.19. The average Bonchev–Trinajstić information content (AvgIpc) is 2.30. The Bertz CT molecular complexity index is 339. The lowest BCUT2D eigenvalue weighted by Crippen LogP contribution is -1.95. The van der Waals surface area contributed by atoms with Crippen LogP contribution in [0.1, 0.15) is 15.2 Å². The third-order valence-corrected chi connectivity index (χ3v) is 2.58. The highest BCUT2D eigenvalue weighted by atomic mass is 79.9. The normalized spacial score (nSPS) is 9.09. The molecule has 56 valence electrons. The molecule has 1 rings (SSSR count). The van der Waals surface area contributed by atoms with Crippen molar-refractivity contribution in [2.45, 2.75) is 0 Å². The minimum Gasteiger partial charge on any atom is -0.478 e. The Morgan fingerprint density at radius 1 is 1.82 bits per heavy atom. The maximum atomic E-state index is 10.4. The summed E-state index contributed by atoms with van der Waals surface area (Å²) in [5.41, 5.74) is 0.0596. The fourth-order valence-electron chi connectivity index (χ4n) is 0.603. The Morgan fingerprint density at radius 3 is 2.82 bits per heavy atom. The fraction of sp³-hybridized carbons (Fsp3) is 0. The minimum absolute atomic E-state index is 0.0596. The predicted octanol–water partition coefficient (Wildman–Crippen LogP) is 2.08. The van der Waals surface area contributed by atoms with E-state index in [1.165, 1.54) is 6.07 Å². The number of rotatable bonds is 1. The van der Waals surface area contributed by atoms with Crippen LogP contribution in [0.4, 0.5) is 0 Å². The van der Waals surface area contributed by atoms with Crippen LogP contribution in [-0.4, -0.2) is 11.1 Å². The van der Waals surface area contributed by atoms with E-state index in [4.69, 9.17) is 10.4 Å². The van der Waals surface area contributed by atoms with Crippen LogP contribution in [-0.2, 0) is 0 Å². The second-order valence-corrected chi connectivity index (χ2v) is 4.14. The second kappa shape index (κ2) is 3.03. The number of carboxylic acid groups (broad SMARTS) is 1. The lowest BCUT2D eigenvalue weighted by molar-refractivity contribution is 0.0697. The van der Waals surface area contributed by atoms with E-state index in [1.54, 1.807) is 6.07 Å². The molecule has 11 heavy (non-hydrogen) atoms. The molecule has 1 aromatic rings. The quantitative estimate of drug-likeness (QED) is 0.806. The molecule has 0 aromatic carbocycles. The Balaban J connectivity index is 3.26. The highest BCUT2D eigenvalue weighted by Gasteiger charge is 2.12. The summed E-state index contributed by atoms with van der Waals surface area (Å²) < 4.78 is 0.659. The van der Waals surface area contributed by atoms with Crippen molar-refractivity contribution in [1.29, 1.82) is 5.26 Å². The summed E-state index contributed by atoms with van der Waals surface area (Å²) in [7, 11) is 0. The van der Waals surface area contributed by atoms with Crippen molar-refractivity contribution >= 4 is 33.2 Å². The first-order chi connectivity index (χ1) is 5.15. The van der Waals surface area contributed by atoms with Gasteiger partial charge < -0.3 is 5.11 Å². The highest BCUT2D eigenvalue weighted by Crippen LogP contribution is 2.26. The van der Waals surface area contributed by atoms with Crippen LogP contribution in [0.15, 0.2) is 9.85 Å². The molecule has 0 saturated heterocycles. The van der Waals surface area contributed by atoms with Gasteiger partial charge in [0.05, 0.1) is 9.35 Å². The number of nitriles is 1. The molecular formula is C6H2BrNO2S. The SMILES string of the molecule is N#Cc1sc(Br)cc1C(=O)O. The van der Waals surface area contributed by atoms with Crippen LogP contribution in [0, 0.1) is 11.3 Å². The van der Waals surface area contributed by atoms with E-state index in [-0.39, 0.29) is 10.4 Å². The summed E-state index contributed by atoms with van der Waals surface area (Å²) in [6, 6.07) is 3.23. The van der Waals surface area contributed by atoms with Crippen molar-refractivity contribution in [2.75, 3.05) is 0 Å². The number of aromatic carboxylic acids is 1. The Kier molecular flexibility index (Phi) is 2.27. The molecule has 0 aliphatic heterocycles. The zero-order valence-corrected chi connectivity index (χ0v) is 7.57. The summed E-state index contributed by atoms with van der Waals surface area (Å²) in [5, 5.41) is 17.0. The summed E-state index contributed by atoms with van der Waals surface area (Å²) in [6.45, 7) is 0. The zero-order chi connectivity index (χ0) is 8.43. The Hall–Kier alpha value is -0.860. The summed E-state index contributed by atoms with van der Waals surface area (Å²) >= 11 is 4.21. The van der Waals surface area contributed by atoms with Gasteiger partial charge in [-0.1, -0.05) is 0 Å². The molecule has 3 nitrogen and oxygen atoms in total. The third-order valence-electron chi connectivity index (χ3n) is 1.03. The molecule has 0 unspecified atom stereocenters. The molecule has 0 aliphatic carbocycles. The van der Waals surface area contributed by atoms with Crippen molar-refractivity contribution in [3.63, 3.8) is 0 Å². The maximum absolute atomic E-state index is 10.4. The summed E-state index contributed by atoms with van der Waals surface area (Å²) in [5.74, 6) is -1.07. The zero-order valence-electron chi connectivity index (χ0n) is 5.17. The van der Waals surface area contributed by atoms with Gasteiger partial charge >= 0.3 is 5.97 Å². The lowest BCUT2D eigenvalue weighted by Gasteiger charge is -1.84. The molecule has 0 amide bonds. The second-order valence-electron chi connectivity index (χ2n) is 1.71. The fourth-order valence-corrected chi connectivity index (χ4v) is 1.99. The number of hydrogen-bond acceptors (Lipinski definition) is 3. The van der Waals surface area contributed by atoms with Crippen molar-refractivity contribution in [3.8, 4) is 6.07 Å². The van der Waals surface area contributed by atoms with E-state index < -0.39 is 5.97 Å². The van der Waals surface area contributed by atoms with Gasteiger partial charge in [-0.05, 0) is 22.0 Å². The number of hydrogen-bond donors (Lipinski definition) is 1. The molecule has 1 aromatic heterocycles. The Labute approximate surface area is 75.0 Å². The average molecular weight is 232 g/mol. The summed E-state index contributed by atoms with van der Waals surface area (Å²) in [6.07, 6.45) is 0. The molecule has 1 N–H and O–H groups in total. The Morgan fingerprint density at radius 2 is 2.45 bits per heavy atom. The van der Waals surface area contributed by atoms with Crippen LogP contribution in [0.5, 0.6) is 0 Å². The molecule has 0 aliphatic rings. The molecule has 0 radical (unpaired) electrons. The smallest absolute Gasteiger partial charge is 0.337 e. The van der Waals surface area contributed by atoms with Crippen molar-refractivity contribution in [3.05, 3.63) is 20.3 Å². The number of carboxylic acids is 1. The van der Waals surface area contributed by atoms with Crippen molar-refractivity contribution < 1.29 is 9.90 Å². The van der Waals surface area contributed by atoms with Gasteiger partial charge in [0, 0.05) is 0 Å². The van der Waals surface area contributed by atoms with Gasteiger partial charge in [0.1, 0.15) is 10.9 Å². The molecule has 0 spiro atoms. The van der Waals surface area contributed by atoms with Gasteiger partial charge in [-0.3, -0.25) is 0 Å². The first-order valence-electron chi connectivity index (χ1n) is 2.58. The van der Waals surface area contributed by atoms with Crippen LogP contribution >= 0.6 is 27.3 Å². The van der Waals surface area contributed by atoms with E-state index in [1.807, 2.05) is 0 Å². The van der Waals surface area contributed by atoms with Crippen LogP contribution in [0.2, 0.25) is 0 Å². The van der Waals surface area contributed by atoms with E-state index >= 15 is 0 Å². The largest absolute Gasteiger partial charge is 0.478 e. The maximum Gasteiger partial charge on any atom is 0.337 e. The van der Waals surface area contributed by atoms with Gasteiger partial charge in [-0.25, -0.2) is 4.79 Å². The van der Waals surface area contributed by atoms with Gasteiger partial charge in [-0.2, -0.15) is 5.26 Å². The van der Waals surface area contributed by atoms with E-state index in [0.717, 1.165) is 11.3 Å². The van der Waals surface area contributed by atoms with Gasteiger partial charge in [0.25, 0.3) is 0 Å². The molecular weight excluding hydrogens is 230 g/mol. The molecule has 0 atom stereocenters. The molecule has 1 heterocycles. The number of carbonyl (C=O) groups is 1. The first kappa shape index (κ1) is 8.24. The monoisotopic (exact) mass is 231 g/mol. The van der Waals surface area contributed by atoms with Gasteiger partial charge in [0.2, 0.25) is 0 Å². The van der Waals surface area contributed by atoms with E-state index in [2.05, 4.69) is 15.9 Å². The van der Waals surface area contributed by atoms with Gasteiger partial charge in [-0.15, -0.1) is 11.3 Å². The number of thiophene rings is 1. The standard InChI is InChI=1S/C6H2BrNO2S/c7-5-1-3(6(9)10)4(2-8)11-5/h1H,(H,9,10). The van der Waals surface area contributed by atoms with Crippen LogP contribution < -0.4 is 0 Å². The molecule has 0 bridgehead atoms.